The molecular weight excluding hydrogens is 408 g/mol. The number of thiazole rings is 1. The van der Waals surface area contributed by atoms with E-state index >= 15 is 0 Å². The fraction of sp³-hybridized carbons (Fsp3) is 0.300. The van der Waals surface area contributed by atoms with Gasteiger partial charge in [0.05, 0.1) is 15.1 Å². The summed E-state index contributed by atoms with van der Waals surface area (Å²) >= 11 is 1.24. The largest absolute Gasteiger partial charge is 0.372 e. The molecule has 7 nitrogen and oxygen atoms in total. The normalized spacial score (nSPS) is 11.8. The first kappa shape index (κ1) is 21.2. The summed E-state index contributed by atoms with van der Waals surface area (Å²) in [4.78, 5) is 19.4. The minimum absolute atomic E-state index is 0.198. The second-order valence-electron chi connectivity index (χ2n) is 6.61. The number of anilines is 2. The summed E-state index contributed by atoms with van der Waals surface area (Å²) in [6.45, 7) is 5.98. The Labute approximate surface area is 175 Å². The van der Waals surface area contributed by atoms with Gasteiger partial charge in [-0.2, -0.15) is 0 Å². The highest BCUT2D eigenvalue weighted by atomic mass is 32.2. The van der Waals surface area contributed by atoms with Gasteiger partial charge in [0, 0.05) is 38.4 Å². The molecule has 0 bridgehead atoms. The van der Waals surface area contributed by atoms with Crippen molar-refractivity contribution in [2.45, 2.75) is 18.7 Å². The first-order valence-corrected chi connectivity index (χ1v) is 11.5. The molecular formula is C20H24N4O3S2. The Morgan fingerprint density at radius 3 is 2.31 bits per heavy atom. The predicted octanol–water partition coefficient (Wildman–Crippen LogP) is 3.65. The van der Waals surface area contributed by atoms with Crippen LogP contribution in [-0.4, -0.2) is 50.8 Å². The van der Waals surface area contributed by atoms with Crippen LogP contribution in [0, 0.1) is 0 Å². The van der Waals surface area contributed by atoms with Crippen LogP contribution in [0.1, 0.15) is 24.2 Å². The molecule has 3 aromatic rings. The molecule has 0 spiro atoms. The lowest BCUT2D eigenvalue weighted by Gasteiger charge is -2.20. The monoisotopic (exact) mass is 432 g/mol. The van der Waals surface area contributed by atoms with Crippen molar-refractivity contribution in [1.29, 1.82) is 0 Å². The third kappa shape index (κ3) is 4.42. The first-order valence-electron chi connectivity index (χ1n) is 9.25. The van der Waals surface area contributed by atoms with Gasteiger partial charge in [0.25, 0.3) is 5.91 Å². The molecule has 154 valence electrons. The fourth-order valence-electron chi connectivity index (χ4n) is 2.91. The second-order valence-corrected chi connectivity index (χ2v) is 9.79. The average Bonchev–Trinajstić information content (AvgIpc) is 3.10. The molecule has 0 unspecified atom stereocenters. The third-order valence-electron chi connectivity index (χ3n) is 4.62. The van der Waals surface area contributed by atoms with E-state index in [4.69, 9.17) is 0 Å². The van der Waals surface area contributed by atoms with E-state index in [2.05, 4.69) is 29.0 Å². The van der Waals surface area contributed by atoms with E-state index in [0.717, 1.165) is 18.8 Å². The van der Waals surface area contributed by atoms with Gasteiger partial charge in [-0.15, -0.1) is 0 Å². The first-order chi connectivity index (χ1) is 13.8. The van der Waals surface area contributed by atoms with Crippen LogP contribution in [0.25, 0.3) is 10.2 Å². The van der Waals surface area contributed by atoms with Gasteiger partial charge in [-0.3, -0.25) is 10.1 Å². The zero-order valence-electron chi connectivity index (χ0n) is 16.8. The zero-order valence-corrected chi connectivity index (χ0v) is 18.5. The smallest absolute Gasteiger partial charge is 0.257 e. The van der Waals surface area contributed by atoms with E-state index in [0.29, 0.717) is 20.9 Å². The van der Waals surface area contributed by atoms with Gasteiger partial charge < -0.3 is 4.90 Å². The molecule has 1 heterocycles. The number of rotatable bonds is 7. The topological polar surface area (TPSA) is 82.6 Å². The molecule has 0 atom stereocenters. The van der Waals surface area contributed by atoms with Crippen molar-refractivity contribution in [2.24, 2.45) is 0 Å². The van der Waals surface area contributed by atoms with Crippen molar-refractivity contribution in [3.8, 4) is 0 Å². The number of aromatic nitrogens is 1. The summed E-state index contributed by atoms with van der Waals surface area (Å²) in [7, 11) is -0.541. The lowest BCUT2D eigenvalue weighted by atomic mass is 10.2. The highest BCUT2D eigenvalue weighted by Crippen LogP contribution is 2.29. The number of hydrogen-bond donors (Lipinski definition) is 1. The van der Waals surface area contributed by atoms with Crippen molar-refractivity contribution >= 4 is 48.3 Å². The Bertz CT molecular complexity index is 1120. The summed E-state index contributed by atoms with van der Waals surface area (Å²) in [6.07, 6.45) is 0. The van der Waals surface area contributed by atoms with Crippen molar-refractivity contribution in [3.05, 3.63) is 48.0 Å². The average molecular weight is 433 g/mol. The summed E-state index contributed by atoms with van der Waals surface area (Å²) in [5.41, 5.74) is 2.25. The molecule has 3 rings (SSSR count). The molecule has 1 aromatic heterocycles. The maximum Gasteiger partial charge on any atom is 0.257 e. The Morgan fingerprint density at radius 2 is 1.72 bits per heavy atom. The van der Waals surface area contributed by atoms with Crippen LogP contribution in [0.3, 0.4) is 0 Å². The van der Waals surface area contributed by atoms with E-state index < -0.39 is 10.0 Å². The molecule has 0 aliphatic rings. The van der Waals surface area contributed by atoms with Crippen LogP contribution in [0.4, 0.5) is 10.8 Å². The van der Waals surface area contributed by atoms with E-state index in [1.807, 2.05) is 12.1 Å². The third-order valence-corrected chi connectivity index (χ3v) is 7.36. The molecule has 1 N–H and O–H groups in total. The minimum atomic E-state index is -3.52. The predicted molar refractivity (Wildman–Crippen MR) is 118 cm³/mol. The minimum Gasteiger partial charge on any atom is -0.372 e. The molecule has 29 heavy (non-hydrogen) atoms. The summed E-state index contributed by atoms with van der Waals surface area (Å²) in [5, 5.41) is 3.23. The lowest BCUT2D eigenvalue weighted by molar-refractivity contribution is 0.102. The van der Waals surface area contributed by atoms with Crippen molar-refractivity contribution in [1.82, 2.24) is 9.29 Å². The Balaban J connectivity index is 1.80. The van der Waals surface area contributed by atoms with Crippen molar-refractivity contribution in [3.63, 3.8) is 0 Å². The molecule has 1 amide bonds. The zero-order chi connectivity index (χ0) is 21.2. The lowest BCUT2D eigenvalue weighted by Crippen LogP contribution is -2.22. The van der Waals surface area contributed by atoms with Gasteiger partial charge in [0.2, 0.25) is 10.0 Å². The Morgan fingerprint density at radius 1 is 1.07 bits per heavy atom. The highest BCUT2D eigenvalue weighted by Gasteiger charge is 2.19. The van der Waals surface area contributed by atoms with E-state index in [9.17, 15) is 13.2 Å². The number of hydrogen-bond acceptors (Lipinski definition) is 6. The summed E-state index contributed by atoms with van der Waals surface area (Å²) in [5.74, 6) is -0.253. The number of nitrogens with zero attached hydrogens (tertiary/aromatic N) is 3. The summed E-state index contributed by atoms with van der Waals surface area (Å²) in [6, 6.07) is 12.2. The number of benzene rings is 2. The number of nitrogens with one attached hydrogen (secondary N) is 1. The number of fused-ring (bicyclic) bond motifs is 1. The van der Waals surface area contributed by atoms with Crippen LogP contribution < -0.4 is 10.2 Å². The number of amides is 1. The van der Waals surface area contributed by atoms with Gasteiger partial charge >= 0.3 is 0 Å². The van der Waals surface area contributed by atoms with Gasteiger partial charge in [-0.05, 0) is 56.3 Å². The molecule has 0 radical (unpaired) electrons. The quantitative estimate of drug-likeness (QED) is 0.616. The van der Waals surface area contributed by atoms with Crippen LogP contribution >= 0.6 is 11.3 Å². The van der Waals surface area contributed by atoms with Gasteiger partial charge in [0.15, 0.2) is 5.13 Å². The Hall–Kier alpha value is -2.49. The molecule has 0 fully saturated rings. The SMILES string of the molecule is CCN(CC)c1ccc(C(=O)Nc2nc3ccc(S(=O)(=O)N(C)C)cc3s2)cc1. The number of carbonyl (C=O) groups is 1. The van der Waals surface area contributed by atoms with E-state index in [1.54, 1.807) is 24.3 Å². The second kappa shape index (κ2) is 8.48. The Kier molecular flexibility index (Phi) is 6.21. The van der Waals surface area contributed by atoms with Crippen LogP contribution in [-0.2, 0) is 10.0 Å². The van der Waals surface area contributed by atoms with Gasteiger partial charge in [-0.25, -0.2) is 17.7 Å². The molecule has 0 aliphatic heterocycles. The van der Waals surface area contributed by atoms with E-state index in [1.165, 1.54) is 35.8 Å². The fourth-order valence-corrected chi connectivity index (χ4v) is 4.81. The maximum atomic E-state index is 12.6. The molecule has 0 saturated carbocycles. The van der Waals surface area contributed by atoms with Crippen LogP contribution in [0.15, 0.2) is 47.4 Å². The molecule has 9 heteroatoms. The van der Waals surface area contributed by atoms with Crippen molar-refractivity contribution in [2.75, 3.05) is 37.4 Å². The van der Waals surface area contributed by atoms with Crippen LogP contribution in [0.2, 0.25) is 0 Å². The number of carbonyl (C=O) groups excluding carboxylic acids is 1. The van der Waals surface area contributed by atoms with Gasteiger partial charge in [-0.1, -0.05) is 11.3 Å². The van der Waals surface area contributed by atoms with E-state index in [-0.39, 0.29) is 10.8 Å². The van der Waals surface area contributed by atoms with Crippen molar-refractivity contribution < 1.29 is 13.2 Å². The molecule has 0 saturated heterocycles. The molecule has 0 aliphatic carbocycles. The number of sulfonamides is 1. The molecule has 2 aromatic carbocycles. The summed E-state index contributed by atoms with van der Waals surface area (Å²) < 4.78 is 26.5. The van der Waals surface area contributed by atoms with Crippen LogP contribution in [0.5, 0.6) is 0 Å². The maximum absolute atomic E-state index is 12.6. The van der Waals surface area contributed by atoms with Gasteiger partial charge in [0.1, 0.15) is 0 Å². The standard InChI is InChI=1S/C20H24N4O3S2/c1-5-24(6-2)15-9-7-14(8-10-15)19(25)22-20-21-17-12-11-16(13-18(17)28-20)29(26,27)23(3)4/h7-13H,5-6H2,1-4H3,(H,21,22,25). The highest BCUT2D eigenvalue weighted by molar-refractivity contribution is 7.89.